The fourth-order valence-corrected chi connectivity index (χ4v) is 2.19. The first-order chi connectivity index (χ1) is 9.97. The van der Waals surface area contributed by atoms with Crippen molar-refractivity contribution in [3.8, 4) is 0 Å². The molecule has 2 aromatic rings. The monoisotopic (exact) mass is 282 g/mol. The zero-order chi connectivity index (χ0) is 15.4. The van der Waals surface area contributed by atoms with Crippen molar-refractivity contribution in [1.82, 2.24) is 10.3 Å². The van der Waals surface area contributed by atoms with Crippen molar-refractivity contribution in [1.29, 1.82) is 0 Å². The van der Waals surface area contributed by atoms with Crippen molar-refractivity contribution in [3.63, 3.8) is 0 Å². The van der Waals surface area contributed by atoms with Crippen molar-refractivity contribution < 1.29 is 4.79 Å². The number of benzene rings is 1. The molecule has 110 valence electrons. The maximum Gasteiger partial charge on any atom is 0.270 e. The summed E-state index contributed by atoms with van der Waals surface area (Å²) in [5.74, 6) is 0.375. The molecule has 0 radical (unpaired) electrons. The molecular weight excluding hydrogens is 260 g/mol. The summed E-state index contributed by atoms with van der Waals surface area (Å²) in [5.41, 5.74) is 3.70. The SMILES string of the molecule is Cc1cccc(C(=O)NC(C)c2ccc(C(C)C)cc2)n1. The van der Waals surface area contributed by atoms with Gasteiger partial charge in [-0.2, -0.15) is 0 Å². The van der Waals surface area contributed by atoms with Gasteiger partial charge in [0, 0.05) is 5.69 Å². The summed E-state index contributed by atoms with van der Waals surface area (Å²) in [6.07, 6.45) is 0. The van der Waals surface area contributed by atoms with Gasteiger partial charge in [0.15, 0.2) is 0 Å². The number of nitrogens with one attached hydrogen (secondary N) is 1. The maximum atomic E-state index is 12.2. The minimum Gasteiger partial charge on any atom is -0.344 e. The van der Waals surface area contributed by atoms with Crippen molar-refractivity contribution in [2.75, 3.05) is 0 Å². The van der Waals surface area contributed by atoms with Crippen LogP contribution in [0.3, 0.4) is 0 Å². The summed E-state index contributed by atoms with van der Waals surface area (Å²) in [7, 11) is 0. The van der Waals surface area contributed by atoms with Crippen LogP contribution < -0.4 is 5.32 Å². The van der Waals surface area contributed by atoms with Gasteiger partial charge in [-0.05, 0) is 43.0 Å². The molecule has 0 bridgehead atoms. The Morgan fingerprint density at radius 2 is 1.62 bits per heavy atom. The molecule has 0 aliphatic rings. The fourth-order valence-electron chi connectivity index (χ4n) is 2.19. The highest BCUT2D eigenvalue weighted by Crippen LogP contribution is 2.18. The molecule has 1 N–H and O–H groups in total. The molecule has 21 heavy (non-hydrogen) atoms. The fraction of sp³-hybridized carbons (Fsp3) is 0.333. The Balaban J connectivity index is 2.07. The number of nitrogens with zero attached hydrogens (tertiary/aromatic N) is 1. The van der Waals surface area contributed by atoms with Crippen LogP contribution in [0.1, 0.15) is 60.0 Å². The van der Waals surface area contributed by atoms with Crippen LogP contribution in [0.5, 0.6) is 0 Å². The van der Waals surface area contributed by atoms with Gasteiger partial charge in [0.25, 0.3) is 5.91 Å². The third-order valence-electron chi connectivity index (χ3n) is 3.57. The van der Waals surface area contributed by atoms with E-state index in [9.17, 15) is 4.79 Å². The van der Waals surface area contributed by atoms with Gasteiger partial charge >= 0.3 is 0 Å². The van der Waals surface area contributed by atoms with Gasteiger partial charge in [0.1, 0.15) is 5.69 Å². The van der Waals surface area contributed by atoms with Crippen LogP contribution in [-0.2, 0) is 0 Å². The summed E-state index contributed by atoms with van der Waals surface area (Å²) >= 11 is 0. The van der Waals surface area contributed by atoms with Gasteiger partial charge < -0.3 is 5.32 Å². The topological polar surface area (TPSA) is 42.0 Å². The molecule has 0 saturated heterocycles. The van der Waals surface area contributed by atoms with Crippen molar-refractivity contribution >= 4 is 5.91 Å². The average molecular weight is 282 g/mol. The Morgan fingerprint density at radius 3 is 2.19 bits per heavy atom. The number of carbonyl (C=O) groups is 1. The minimum atomic E-state index is -0.140. The van der Waals surface area contributed by atoms with E-state index in [1.807, 2.05) is 26.0 Å². The second kappa shape index (κ2) is 6.53. The predicted octanol–water partition coefficient (Wildman–Crippen LogP) is 4.00. The van der Waals surface area contributed by atoms with E-state index in [1.165, 1.54) is 5.56 Å². The number of hydrogen-bond donors (Lipinski definition) is 1. The van der Waals surface area contributed by atoms with E-state index < -0.39 is 0 Å². The smallest absolute Gasteiger partial charge is 0.270 e. The molecular formula is C18H22N2O. The number of carbonyl (C=O) groups excluding carboxylic acids is 1. The number of aromatic nitrogens is 1. The van der Waals surface area contributed by atoms with Gasteiger partial charge in [-0.15, -0.1) is 0 Å². The molecule has 0 saturated carbocycles. The Bertz CT molecular complexity index is 617. The minimum absolute atomic E-state index is 0.0407. The molecule has 1 heterocycles. The Hall–Kier alpha value is -2.16. The quantitative estimate of drug-likeness (QED) is 0.920. The van der Waals surface area contributed by atoms with Crippen LogP contribution in [0.25, 0.3) is 0 Å². The van der Waals surface area contributed by atoms with Gasteiger partial charge in [-0.1, -0.05) is 44.2 Å². The first-order valence-electron chi connectivity index (χ1n) is 7.31. The van der Waals surface area contributed by atoms with E-state index in [0.29, 0.717) is 11.6 Å². The van der Waals surface area contributed by atoms with Gasteiger partial charge in [-0.3, -0.25) is 4.79 Å². The van der Waals surface area contributed by atoms with E-state index in [1.54, 1.807) is 6.07 Å². The predicted molar refractivity (Wildman–Crippen MR) is 85.4 cm³/mol. The summed E-state index contributed by atoms with van der Waals surface area (Å²) in [5, 5.41) is 2.99. The van der Waals surface area contributed by atoms with Crippen LogP contribution in [-0.4, -0.2) is 10.9 Å². The van der Waals surface area contributed by atoms with Crippen LogP contribution in [0.15, 0.2) is 42.5 Å². The molecule has 1 amide bonds. The average Bonchev–Trinajstić information content (AvgIpc) is 2.47. The molecule has 1 atom stereocenters. The lowest BCUT2D eigenvalue weighted by atomic mass is 9.99. The van der Waals surface area contributed by atoms with Gasteiger partial charge in [0.05, 0.1) is 6.04 Å². The van der Waals surface area contributed by atoms with E-state index in [2.05, 4.69) is 48.4 Å². The highest BCUT2D eigenvalue weighted by Gasteiger charge is 2.12. The summed E-state index contributed by atoms with van der Waals surface area (Å²) in [4.78, 5) is 16.4. The largest absolute Gasteiger partial charge is 0.344 e. The second-order valence-corrected chi connectivity index (χ2v) is 5.68. The van der Waals surface area contributed by atoms with Crippen LogP contribution in [0, 0.1) is 6.92 Å². The first kappa shape index (κ1) is 15.2. The standard InChI is InChI=1S/C18H22N2O/c1-12(2)15-8-10-16(11-9-15)14(4)20-18(21)17-7-5-6-13(3)19-17/h5-12,14H,1-4H3,(H,20,21). The molecule has 1 unspecified atom stereocenters. The molecule has 1 aromatic heterocycles. The number of amides is 1. The molecule has 0 fully saturated rings. The van der Waals surface area contributed by atoms with E-state index >= 15 is 0 Å². The van der Waals surface area contributed by atoms with Crippen LogP contribution in [0.4, 0.5) is 0 Å². The lowest BCUT2D eigenvalue weighted by Gasteiger charge is -2.15. The Morgan fingerprint density at radius 1 is 1.00 bits per heavy atom. The normalized spacial score (nSPS) is 12.2. The van der Waals surface area contributed by atoms with Gasteiger partial charge in [-0.25, -0.2) is 4.98 Å². The van der Waals surface area contributed by atoms with E-state index in [-0.39, 0.29) is 11.9 Å². The summed E-state index contributed by atoms with van der Waals surface area (Å²) < 4.78 is 0. The zero-order valence-corrected chi connectivity index (χ0v) is 13.1. The molecule has 3 heteroatoms. The highest BCUT2D eigenvalue weighted by atomic mass is 16.1. The van der Waals surface area contributed by atoms with Gasteiger partial charge in [0.2, 0.25) is 0 Å². The number of hydrogen-bond acceptors (Lipinski definition) is 2. The third kappa shape index (κ3) is 3.91. The van der Waals surface area contributed by atoms with Crippen LogP contribution in [0.2, 0.25) is 0 Å². The zero-order valence-electron chi connectivity index (χ0n) is 13.1. The number of rotatable bonds is 4. The Labute approximate surface area is 126 Å². The summed E-state index contributed by atoms with van der Waals surface area (Å²) in [6, 6.07) is 13.8. The van der Waals surface area contributed by atoms with Crippen molar-refractivity contribution in [3.05, 3.63) is 65.0 Å². The van der Waals surface area contributed by atoms with E-state index in [0.717, 1.165) is 11.3 Å². The molecule has 3 nitrogen and oxygen atoms in total. The first-order valence-corrected chi connectivity index (χ1v) is 7.31. The van der Waals surface area contributed by atoms with Crippen LogP contribution >= 0.6 is 0 Å². The molecule has 1 aromatic carbocycles. The lowest BCUT2D eigenvalue weighted by Crippen LogP contribution is -2.27. The molecule has 2 rings (SSSR count). The number of aryl methyl sites for hydroxylation is 1. The Kier molecular flexibility index (Phi) is 4.73. The molecule has 0 aliphatic heterocycles. The maximum absolute atomic E-state index is 12.2. The highest BCUT2D eigenvalue weighted by molar-refractivity contribution is 5.92. The summed E-state index contributed by atoms with van der Waals surface area (Å²) in [6.45, 7) is 8.20. The van der Waals surface area contributed by atoms with Crippen molar-refractivity contribution in [2.24, 2.45) is 0 Å². The lowest BCUT2D eigenvalue weighted by molar-refractivity contribution is 0.0934. The van der Waals surface area contributed by atoms with Crippen molar-refractivity contribution in [2.45, 2.75) is 39.7 Å². The second-order valence-electron chi connectivity index (χ2n) is 5.68. The third-order valence-corrected chi connectivity index (χ3v) is 3.57. The molecule has 0 spiro atoms. The molecule has 0 aliphatic carbocycles. The number of pyridine rings is 1. The van der Waals surface area contributed by atoms with E-state index in [4.69, 9.17) is 0 Å².